The van der Waals surface area contributed by atoms with Crippen molar-refractivity contribution in [3.05, 3.63) is 12.7 Å². The molecule has 0 aromatic carbocycles. The maximum Gasteiger partial charge on any atom is 0.151 e. The highest BCUT2D eigenvalue weighted by Gasteiger charge is 2.26. The van der Waals surface area contributed by atoms with Crippen LogP contribution in [0.15, 0.2) is 12.7 Å². The van der Waals surface area contributed by atoms with Crippen LogP contribution < -0.4 is 5.32 Å². The van der Waals surface area contributed by atoms with Crippen LogP contribution in [-0.4, -0.2) is 32.5 Å². The van der Waals surface area contributed by atoms with Gasteiger partial charge in [-0.3, -0.25) is 0 Å². The van der Waals surface area contributed by atoms with E-state index in [1.54, 1.807) is 0 Å². The van der Waals surface area contributed by atoms with E-state index in [0.29, 0.717) is 11.5 Å². The third-order valence-corrected chi connectivity index (χ3v) is 4.02. The molecule has 1 atom stereocenters. The molecule has 76 valence electrons. The van der Waals surface area contributed by atoms with Crippen LogP contribution in [0.1, 0.15) is 19.3 Å². The van der Waals surface area contributed by atoms with Gasteiger partial charge in [0, 0.05) is 6.04 Å². The Morgan fingerprint density at radius 3 is 2.85 bits per heavy atom. The minimum absolute atomic E-state index is 0.190. The lowest BCUT2D eigenvalue weighted by Gasteiger charge is -2.08. The minimum atomic E-state index is -2.72. The Morgan fingerprint density at radius 2 is 2.31 bits per heavy atom. The van der Waals surface area contributed by atoms with Gasteiger partial charge in [0.2, 0.25) is 0 Å². The molecule has 1 aliphatic heterocycles. The van der Waals surface area contributed by atoms with Crippen LogP contribution in [-0.2, 0) is 9.84 Å². The molecule has 13 heavy (non-hydrogen) atoms. The van der Waals surface area contributed by atoms with Gasteiger partial charge >= 0.3 is 0 Å². The SMILES string of the molecule is C=CCCCNC1CCS(=O)(=O)C1. The predicted octanol–water partition coefficient (Wildman–Crippen LogP) is 0.729. The van der Waals surface area contributed by atoms with Gasteiger partial charge in [0.05, 0.1) is 11.5 Å². The van der Waals surface area contributed by atoms with Crippen molar-refractivity contribution in [1.29, 1.82) is 0 Å². The van der Waals surface area contributed by atoms with Crippen LogP contribution in [0.3, 0.4) is 0 Å². The van der Waals surface area contributed by atoms with Gasteiger partial charge < -0.3 is 5.32 Å². The molecular formula is C9H17NO2S. The zero-order valence-corrected chi connectivity index (χ0v) is 8.65. The van der Waals surface area contributed by atoms with Crippen molar-refractivity contribution < 1.29 is 8.42 Å². The molecule has 1 saturated heterocycles. The molecule has 1 N–H and O–H groups in total. The summed E-state index contributed by atoms with van der Waals surface area (Å²) in [6.07, 6.45) is 4.69. The van der Waals surface area contributed by atoms with Crippen LogP contribution in [0.25, 0.3) is 0 Å². The van der Waals surface area contributed by atoms with Gasteiger partial charge in [0.25, 0.3) is 0 Å². The average Bonchev–Trinajstić information content (AvgIpc) is 2.40. The Morgan fingerprint density at radius 1 is 1.54 bits per heavy atom. The smallest absolute Gasteiger partial charge is 0.151 e. The molecule has 1 fully saturated rings. The lowest BCUT2D eigenvalue weighted by atomic mass is 10.2. The fraction of sp³-hybridized carbons (Fsp3) is 0.778. The fourth-order valence-electron chi connectivity index (χ4n) is 1.51. The Balaban J connectivity index is 2.14. The Kier molecular flexibility index (Phi) is 3.93. The summed E-state index contributed by atoms with van der Waals surface area (Å²) in [4.78, 5) is 0. The van der Waals surface area contributed by atoms with E-state index in [1.807, 2.05) is 6.08 Å². The lowest BCUT2D eigenvalue weighted by molar-refractivity contribution is 0.544. The molecule has 0 aromatic rings. The Bertz CT molecular complexity index is 259. The van der Waals surface area contributed by atoms with Crippen LogP contribution >= 0.6 is 0 Å². The monoisotopic (exact) mass is 203 g/mol. The van der Waals surface area contributed by atoms with Crippen molar-refractivity contribution in [3.8, 4) is 0 Å². The van der Waals surface area contributed by atoms with E-state index in [2.05, 4.69) is 11.9 Å². The second-order valence-electron chi connectivity index (χ2n) is 3.48. The molecular weight excluding hydrogens is 186 g/mol. The maximum atomic E-state index is 11.1. The number of nitrogens with one attached hydrogen (secondary N) is 1. The predicted molar refractivity (Wildman–Crippen MR) is 54.5 cm³/mol. The lowest BCUT2D eigenvalue weighted by Crippen LogP contribution is -2.30. The zero-order valence-electron chi connectivity index (χ0n) is 7.83. The molecule has 4 heteroatoms. The molecule has 0 aromatic heterocycles. The zero-order chi connectivity index (χ0) is 9.73. The normalized spacial score (nSPS) is 26.0. The molecule has 0 amide bonds. The summed E-state index contributed by atoms with van der Waals surface area (Å²) >= 11 is 0. The first kappa shape index (κ1) is 10.7. The van der Waals surface area contributed by atoms with E-state index in [4.69, 9.17) is 0 Å². The number of unbranched alkanes of at least 4 members (excludes halogenated alkanes) is 1. The number of rotatable bonds is 5. The van der Waals surface area contributed by atoms with E-state index in [0.717, 1.165) is 25.8 Å². The third-order valence-electron chi connectivity index (χ3n) is 2.25. The molecule has 1 rings (SSSR count). The second kappa shape index (κ2) is 4.77. The Hall–Kier alpha value is -0.350. The number of hydrogen-bond acceptors (Lipinski definition) is 3. The summed E-state index contributed by atoms with van der Waals surface area (Å²) < 4.78 is 22.1. The quantitative estimate of drug-likeness (QED) is 0.529. The van der Waals surface area contributed by atoms with E-state index in [9.17, 15) is 8.42 Å². The highest BCUT2D eigenvalue weighted by atomic mass is 32.2. The molecule has 0 aliphatic carbocycles. The highest BCUT2D eigenvalue weighted by molar-refractivity contribution is 7.91. The summed E-state index contributed by atoms with van der Waals surface area (Å²) in [5.74, 6) is 0.674. The van der Waals surface area contributed by atoms with Crippen molar-refractivity contribution in [2.24, 2.45) is 0 Å². The number of allylic oxidation sites excluding steroid dienone is 1. The second-order valence-corrected chi connectivity index (χ2v) is 5.71. The van der Waals surface area contributed by atoms with Crippen molar-refractivity contribution in [1.82, 2.24) is 5.32 Å². The first-order valence-corrected chi connectivity index (χ1v) is 6.51. The van der Waals surface area contributed by atoms with E-state index in [-0.39, 0.29) is 6.04 Å². The summed E-state index contributed by atoms with van der Waals surface area (Å²) in [7, 11) is -2.72. The average molecular weight is 203 g/mol. The van der Waals surface area contributed by atoms with Crippen LogP contribution in [0.2, 0.25) is 0 Å². The van der Waals surface area contributed by atoms with Crippen molar-refractivity contribution in [2.45, 2.75) is 25.3 Å². The van der Waals surface area contributed by atoms with Gasteiger partial charge in [-0.25, -0.2) is 8.42 Å². The highest BCUT2D eigenvalue weighted by Crippen LogP contribution is 2.10. The largest absolute Gasteiger partial charge is 0.313 e. The summed E-state index contributed by atoms with van der Waals surface area (Å²) in [5.41, 5.74) is 0. The minimum Gasteiger partial charge on any atom is -0.313 e. The maximum absolute atomic E-state index is 11.1. The molecule has 3 nitrogen and oxygen atoms in total. The van der Waals surface area contributed by atoms with E-state index < -0.39 is 9.84 Å². The van der Waals surface area contributed by atoms with Gasteiger partial charge in [-0.2, -0.15) is 0 Å². The molecule has 1 heterocycles. The van der Waals surface area contributed by atoms with Gasteiger partial charge in [-0.05, 0) is 25.8 Å². The van der Waals surface area contributed by atoms with Crippen LogP contribution in [0.4, 0.5) is 0 Å². The molecule has 0 bridgehead atoms. The van der Waals surface area contributed by atoms with E-state index in [1.165, 1.54) is 0 Å². The van der Waals surface area contributed by atoms with Gasteiger partial charge in [0.15, 0.2) is 9.84 Å². The molecule has 0 spiro atoms. The topological polar surface area (TPSA) is 46.2 Å². The number of hydrogen-bond donors (Lipinski definition) is 1. The van der Waals surface area contributed by atoms with Crippen molar-refractivity contribution >= 4 is 9.84 Å². The molecule has 0 radical (unpaired) electrons. The number of sulfone groups is 1. The van der Waals surface area contributed by atoms with E-state index >= 15 is 0 Å². The first-order valence-electron chi connectivity index (χ1n) is 4.69. The molecule has 0 saturated carbocycles. The first-order chi connectivity index (χ1) is 6.14. The summed E-state index contributed by atoms with van der Waals surface area (Å²) in [6, 6.07) is 0.190. The van der Waals surface area contributed by atoms with Gasteiger partial charge in [-0.1, -0.05) is 6.08 Å². The Labute approximate surface area is 80.1 Å². The van der Waals surface area contributed by atoms with Crippen molar-refractivity contribution in [3.63, 3.8) is 0 Å². The summed E-state index contributed by atoms with van der Waals surface area (Å²) in [5, 5.41) is 3.25. The van der Waals surface area contributed by atoms with Gasteiger partial charge in [0.1, 0.15) is 0 Å². The summed E-state index contributed by atoms with van der Waals surface area (Å²) in [6.45, 7) is 4.52. The molecule has 1 aliphatic rings. The van der Waals surface area contributed by atoms with Crippen LogP contribution in [0, 0.1) is 0 Å². The standard InChI is InChI=1S/C9H17NO2S/c1-2-3-4-6-10-9-5-7-13(11,12)8-9/h2,9-10H,1,3-8H2. The van der Waals surface area contributed by atoms with Crippen LogP contribution in [0.5, 0.6) is 0 Å². The third kappa shape index (κ3) is 3.91. The van der Waals surface area contributed by atoms with Crippen molar-refractivity contribution in [2.75, 3.05) is 18.1 Å². The fourth-order valence-corrected chi connectivity index (χ4v) is 3.22. The van der Waals surface area contributed by atoms with Gasteiger partial charge in [-0.15, -0.1) is 6.58 Å². The molecule has 1 unspecified atom stereocenters.